The number of benzene rings is 3. The van der Waals surface area contributed by atoms with Crippen LogP contribution in [0.4, 0.5) is 11.5 Å². The van der Waals surface area contributed by atoms with Gasteiger partial charge in [-0.05, 0) is 35.3 Å². The second-order valence-corrected chi connectivity index (χ2v) is 6.48. The second kappa shape index (κ2) is 6.19. The lowest BCUT2D eigenvalue weighted by Gasteiger charge is -2.37. The maximum atomic E-state index is 4.78. The molecule has 5 rings (SSSR count). The lowest BCUT2D eigenvalue weighted by atomic mass is 9.46. The molecule has 0 unspecified atom stereocenters. The van der Waals surface area contributed by atoms with Gasteiger partial charge in [0.25, 0.3) is 0 Å². The lowest BCUT2D eigenvalue weighted by Crippen LogP contribution is -2.57. The van der Waals surface area contributed by atoms with Crippen molar-refractivity contribution < 1.29 is 0 Å². The molecule has 3 aromatic carbocycles. The Bertz CT molecular complexity index is 961. The Kier molecular flexibility index (Phi) is 3.57. The zero-order valence-electron chi connectivity index (χ0n) is 14.3. The van der Waals surface area contributed by atoms with Gasteiger partial charge in [-0.2, -0.15) is 0 Å². The van der Waals surface area contributed by atoms with E-state index in [-0.39, 0.29) is 6.85 Å². The van der Waals surface area contributed by atoms with Gasteiger partial charge in [-0.15, -0.1) is 0 Å². The fourth-order valence-corrected chi connectivity index (χ4v) is 3.87. The van der Waals surface area contributed by atoms with Crippen LogP contribution in [-0.4, -0.2) is 11.8 Å². The summed E-state index contributed by atoms with van der Waals surface area (Å²) in [5.41, 5.74) is 6.16. The van der Waals surface area contributed by atoms with Gasteiger partial charge in [0.15, 0.2) is 0 Å². The number of nitrogens with zero attached hydrogens (tertiary/aromatic N) is 2. The van der Waals surface area contributed by atoms with Crippen molar-refractivity contribution in [2.24, 2.45) is 0 Å². The van der Waals surface area contributed by atoms with E-state index in [1.165, 1.54) is 22.1 Å². The molecule has 0 spiro atoms. The van der Waals surface area contributed by atoms with Crippen LogP contribution in [0.3, 0.4) is 0 Å². The third-order valence-corrected chi connectivity index (χ3v) is 4.97. The molecule has 0 bridgehead atoms. The van der Waals surface area contributed by atoms with Crippen LogP contribution in [0.15, 0.2) is 103 Å². The smallest absolute Gasteiger partial charge is 0.330 e. The minimum atomic E-state index is 0.0946. The van der Waals surface area contributed by atoms with Crippen LogP contribution in [0.2, 0.25) is 0 Å². The van der Waals surface area contributed by atoms with E-state index in [9.17, 15) is 0 Å². The molecule has 1 aliphatic rings. The van der Waals surface area contributed by atoms with Gasteiger partial charge < -0.3 is 4.81 Å². The summed E-state index contributed by atoms with van der Waals surface area (Å²) in [6.07, 6.45) is 1.88. The highest BCUT2D eigenvalue weighted by atomic mass is 15.1. The quantitative estimate of drug-likeness (QED) is 0.516. The minimum absolute atomic E-state index is 0.0946. The first kappa shape index (κ1) is 15.0. The number of pyridine rings is 1. The van der Waals surface area contributed by atoms with Crippen LogP contribution in [-0.2, 0) is 0 Å². The molecule has 0 amide bonds. The van der Waals surface area contributed by atoms with Crippen molar-refractivity contribution in [2.45, 2.75) is 0 Å². The van der Waals surface area contributed by atoms with Crippen molar-refractivity contribution in [3.63, 3.8) is 0 Å². The van der Waals surface area contributed by atoms with Crippen LogP contribution in [0, 0.1) is 0 Å². The summed E-state index contributed by atoms with van der Waals surface area (Å²) in [6.45, 7) is 0.0946. The highest BCUT2D eigenvalue weighted by Gasteiger charge is 2.37. The fraction of sp³-hybridized carbons (Fsp3) is 0. The third kappa shape index (κ3) is 2.32. The van der Waals surface area contributed by atoms with Crippen molar-refractivity contribution in [2.75, 3.05) is 4.81 Å². The van der Waals surface area contributed by atoms with Gasteiger partial charge in [-0.3, -0.25) is 0 Å². The minimum Gasteiger partial charge on any atom is -0.361 e. The van der Waals surface area contributed by atoms with Gasteiger partial charge >= 0.3 is 6.85 Å². The molecule has 1 aromatic heterocycles. The van der Waals surface area contributed by atoms with Crippen LogP contribution in [0.25, 0.3) is 11.1 Å². The van der Waals surface area contributed by atoms with Crippen molar-refractivity contribution in [3.05, 3.63) is 103 Å². The number of aromatic nitrogens is 1. The van der Waals surface area contributed by atoms with Crippen molar-refractivity contribution in [1.29, 1.82) is 0 Å². The number of hydrogen-bond acceptors (Lipinski definition) is 2. The first-order valence-electron chi connectivity index (χ1n) is 8.87. The maximum absolute atomic E-state index is 4.78. The average Bonchev–Trinajstić information content (AvgIpc) is 2.74. The Morgan fingerprint density at radius 3 is 2.08 bits per heavy atom. The molecule has 0 radical (unpaired) electrons. The van der Waals surface area contributed by atoms with E-state index in [1.54, 1.807) is 0 Å². The molecule has 0 aliphatic carbocycles. The Hall–Kier alpha value is -3.33. The van der Waals surface area contributed by atoms with Gasteiger partial charge in [0, 0.05) is 17.4 Å². The van der Waals surface area contributed by atoms with E-state index < -0.39 is 0 Å². The molecular weight excluding hydrogens is 315 g/mol. The van der Waals surface area contributed by atoms with Gasteiger partial charge in [-0.25, -0.2) is 4.98 Å². The van der Waals surface area contributed by atoms with Crippen LogP contribution in [0.1, 0.15) is 0 Å². The molecular formula is C23H17BN2. The van der Waals surface area contributed by atoms with E-state index in [1.807, 2.05) is 12.3 Å². The average molecular weight is 332 g/mol. The molecule has 2 nitrogen and oxygen atoms in total. The molecule has 0 saturated heterocycles. The Morgan fingerprint density at radius 2 is 1.27 bits per heavy atom. The summed E-state index contributed by atoms with van der Waals surface area (Å²) in [5, 5.41) is 0. The van der Waals surface area contributed by atoms with E-state index in [0.717, 1.165) is 11.5 Å². The van der Waals surface area contributed by atoms with E-state index in [2.05, 4.69) is 95.8 Å². The maximum Gasteiger partial charge on any atom is 0.330 e. The number of anilines is 2. The molecule has 3 heteroatoms. The highest BCUT2D eigenvalue weighted by Crippen LogP contribution is 2.37. The van der Waals surface area contributed by atoms with E-state index in [0.29, 0.717) is 0 Å². The third-order valence-electron chi connectivity index (χ3n) is 4.97. The molecule has 0 fully saturated rings. The highest BCUT2D eigenvalue weighted by molar-refractivity contribution is 6.90. The number of hydrogen-bond donors (Lipinski definition) is 0. The summed E-state index contributed by atoms with van der Waals surface area (Å²) in [7, 11) is 0. The fourth-order valence-electron chi connectivity index (χ4n) is 3.87. The van der Waals surface area contributed by atoms with E-state index >= 15 is 0 Å². The van der Waals surface area contributed by atoms with Gasteiger partial charge in [0.2, 0.25) is 0 Å². The molecule has 2 heterocycles. The topological polar surface area (TPSA) is 16.1 Å². The molecule has 0 N–H and O–H groups in total. The molecule has 0 atom stereocenters. The normalized spacial score (nSPS) is 12.5. The standard InChI is InChI=1S/C23H17BN2/c1-3-10-18(11-4-1)24-22-16-8-7-14-20(22)21-15-9-17-25-23(21)26(24)19-12-5-2-6-13-19/h1-17H. The summed E-state index contributed by atoms with van der Waals surface area (Å²) in [6, 6.07) is 34.1. The van der Waals surface area contributed by atoms with E-state index in [4.69, 9.17) is 4.98 Å². The second-order valence-electron chi connectivity index (χ2n) is 6.48. The van der Waals surface area contributed by atoms with Gasteiger partial charge in [-0.1, -0.05) is 78.3 Å². The first-order chi connectivity index (χ1) is 12.9. The number of para-hydroxylation sites is 1. The largest absolute Gasteiger partial charge is 0.361 e. The van der Waals surface area contributed by atoms with Crippen molar-refractivity contribution >= 4 is 29.3 Å². The Balaban J connectivity index is 1.83. The van der Waals surface area contributed by atoms with Crippen LogP contribution < -0.4 is 15.7 Å². The SMILES string of the molecule is c1ccc(B2c3ccccc3-c3cccnc3N2c2ccccc2)cc1. The monoisotopic (exact) mass is 332 g/mol. The van der Waals surface area contributed by atoms with Crippen molar-refractivity contribution in [1.82, 2.24) is 4.98 Å². The molecule has 122 valence electrons. The lowest BCUT2D eigenvalue weighted by molar-refractivity contribution is 1.22. The predicted molar refractivity (Wildman–Crippen MR) is 110 cm³/mol. The first-order valence-corrected chi connectivity index (χ1v) is 8.87. The Morgan fingerprint density at radius 1 is 0.615 bits per heavy atom. The molecule has 4 aromatic rings. The summed E-state index contributed by atoms with van der Waals surface area (Å²) < 4.78 is 0. The Labute approximate surface area is 153 Å². The van der Waals surface area contributed by atoms with Gasteiger partial charge in [0.05, 0.1) is 0 Å². The zero-order valence-corrected chi connectivity index (χ0v) is 14.3. The molecule has 0 saturated carbocycles. The number of fused-ring (bicyclic) bond motifs is 3. The van der Waals surface area contributed by atoms with Crippen molar-refractivity contribution in [3.8, 4) is 11.1 Å². The summed E-state index contributed by atoms with van der Waals surface area (Å²) in [5.74, 6) is 1.01. The summed E-state index contributed by atoms with van der Waals surface area (Å²) in [4.78, 5) is 7.13. The predicted octanol–water partition coefficient (Wildman–Crippen LogP) is 4.01. The molecule has 1 aliphatic heterocycles. The number of rotatable bonds is 2. The van der Waals surface area contributed by atoms with Crippen LogP contribution in [0.5, 0.6) is 0 Å². The van der Waals surface area contributed by atoms with Crippen LogP contribution >= 0.6 is 0 Å². The molecule has 26 heavy (non-hydrogen) atoms. The van der Waals surface area contributed by atoms with Gasteiger partial charge in [0.1, 0.15) is 5.82 Å². The zero-order chi connectivity index (χ0) is 17.3. The summed E-state index contributed by atoms with van der Waals surface area (Å²) >= 11 is 0.